The van der Waals surface area contributed by atoms with Gasteiger partial charge in [0.25, 0.3) is 0 Å². The summed E-state index contributed by atoms with van der Waals surface area (Å²) >= 11 is 0. The zero-order valence-electron chi connectivity index (χ0n) is 13.1. The van der Waals surface area contributed by atoms with Crippen LogP contribution in [0, 0.1) is 0 Å². The molecule has 1 aliphatic heterocycles. The molecule has 1 aromatic rings. The third-order valence-corrected chi connectivity index (χ3v) is 4.96. The van der Waals surface area contributed by atoms with E-state index in [-0.39, 0.29) is 5.91 Å². The van der Waals surface area contributed by atoms with Crippen LogP contribution in [0.3, 0.4) is 0 Å². The summed E-state index contributed by atoms with van der Waals surface area (Å²) in [5.41, 5.74) is 0.927. The molecule has 0 aromatic carbocycles. The lowest BCUT2D eigenvalue weighted by atomic mass is 10.2. The van der Waals surface area contributed by atoms with Gasteiger partial charge in [-0.2, -0.15) is 4.31 Å². The van der Waals surface area contributed by atoms with E-state index >= 15 is 0 Å². The highest BCUT2D eigenvalue weighted by Crippen LogP contribution is 2.20. The highest BCUT2D eigenvalue weighted by atomic mass is 32.2. The lowest BCUT2D eigenvalue weighted by Gasteiger charge is -2.21. The molecule has 1 aromatic heterocycles. The number of anilines is 1. The molecule has 1 amide bonds. The predicted octanol–water partition coefficient (Wildman–Crippen LogP) is 0.188. The van der Waals surface area contributed by atoms with E-state index in [0.717, 1.165) is 17.6 Å². The Morgan fingerprint density at radius 1 is 1.50 bits per heavy atom. The summed E-state index contributed by atoms with van der Waals surface area (Å²) in [7, 11) is 0.450. The summed E-state index contributed by atoms with van der Waals surface area (Å²) in [6.45, 7) is 0.771. The third kappa shape index (κ3) is 3.95. The minimum Gasteiger partial charge on any atom is -0.363 e. The average molecular weight is 326 g/mol. The largest absolute Gasteiger partial charge is 0.363 e. The molecule has 0 saturated carbocycles. The molecule has 1 saturated heterocycles. The molecule has 2 rings (SSSR count). The molecule has 0 spiro atoms. The fourth-order valence-electron chi connectivity index (χ4n) is 2.52. The van der Waals surface area contributed by atoms with Gasteiger partial charge in [-0.3, -0.25) is 4.79 Å². The Kier molecular flexibility index (Phi) is 5.02. The van der Waals surface area contributed by atoms with Crippen molar-refractivity contribution in [3.05, 3.63) is 23.9 Å². The van der Waals surface area contributed by atoms with Crippen LogP contribution in [0.5, 0.6) is 0 Å². The molecule has 122 valence electrons. The molecule has 2 heterocycles. The van der Waals surface area contributed by atoms with Gasteiger partial charge in [0.2, 0.25) is 15.9 Å². The second-order valence-electron chi connectivity index (χ2n) is 5.67. The Labute approximate surface area is 131 Å². The number of hydrogen-bond acceptors (Lipinski definition) is 5. The van der Waals surface area contributed by atoms with E-state index < -0.39 is 16.1 Å². The number of rotatable bonds is 5. The Hall–Kier alpha value is -1.67. The van der Waals surface area contributed by atoms with E-state index in [4.69, 9.17) is 0 Å². The summed E-state index contributed by atoms with van der Waals surface area (Å²) in [4.78, 5) is 18.3. The van der Waals surface area contributed by atoms with Crippen molar-refractivity contribution < 1.29 is 13.2 Å². The first kappa shape index (κ1) is 16.7. The maximum Gasteiger partial charge on any atom is 0.238 e. The Balaban J connectivity index is 1.99. The zero-order chi connectivity index (χ0) is 16.3. The standard InChI is InChI=1S/C14H22N4O3S/c1-17(2)13-9-11(6-7-15-13)10-16-14(19)12-5-4-8-18(12)22(3,20)21/h6-7,9,12H,4-5,8,10H2,1-3H3,(H,16,19). The van der Waals surface area contributed by atoms with Crippen LogP contribution in [0.4, 0.5) is 5.82 Å². The van der Waals surface area contributed by atoms with Crippen LogP contribution in [0.15, 0.2) is 18.3 Å². The lowest BCUT2D eigenvalue weighted by Crippen LogP contribution is -2.45. The van der Waals surface area contributed by atoms with Gasteiger partial charge in [0.15, 0.2) is 0 Å². The Morgan fingerprint density at radius 2 is 2.23 bits per heavy atom. The SMILES string of the molecule is CN(C)c1cc(CNC(=O)C2CCCN2S(C)(=O)=O)ccn1. The second kappa shape index (κ2) is 6.62. The second-order valence-corrected chi connectivity index (χ2v) is 7.60. The highest BCUT2D eigenvalue weighted by Gasteiger charge is 2.36. The molecule has 8 heteroatoms. The van der Waals surface area contributed by atoms with Gasteiger partial charge in [0.05, 0.1) is 6.26 Å². The summed E-state index contributed by atoms with van der Waals surface area (Å²) in [6.07, 6.45) is 4.11. The first-order valence-electron chi connectivity index (χ1n) is 7.16. The Morgan fingerprint density at radius 3 is 2.86 bits per heavy atom. The van der Waals surface area contributed by atoms with E-state index in [1.165, 1.54) is 4.31 Å². The van der Waals surface area contributed by atoms with E-state index in [1.54, 1.807) is 6.20 Å². The molecule has 1 N–H and O–H groups in total. The van der Waals surface area contributed by atoms with Crippen molar-refractivity contribution >= 4 is 21.7 Å². The number of aromatic nitrogens is 1. The lowest BCUT2D eigenvalue weighted by molar-refractivity contribution is -0.124. The fourth-order valence-corrected chi connectivity index (χ4v) is 3.65. The number of pyridine rings is 1. The van der Waals surface area contributed by atoms with Crippen LogP contribution in [0.1, 0.15) is 18.4 Å². The van der Waals surface area contributed by atoms with E-state index in [0.29, 0.717) is 25.9 Å². The van der Waals surface area contributed by atoms with Gasteiger partial charge >= 0.3 is 0 Å². The molecule has 22 heavy (non-hydrogen) atoms. The van der Waals surface area contributed by atoms with E-state index in [2.05, 4.69) is 10.3 Å². The van der Waals surface area contributed by atoms with Gasteiger partial charge in [0, 0.05) is 33.4 Å². The molecule has 0 aliphatic carbocycles. The van der Waals surface area contributed by atoms with Gasteiger partial charge in [0.1, 0.15) is 11.9 Å². The van der Waals surface area contributed by atoms with Crippen molar-refractivity contribution in [3.63, 3.8) is 0 Å². The summed E-state index contributed by atoms with van der Waals surface area (Å²) < 4.78 is 24.6. The summed E-state index contributed by atoms with van der Waals surface area (Å²) in [5, 5.41) is 2.82. The van der Waals surface area contributed by atoms with Gasteiger partial charge in [-0.1, -0.05) is 0 Å². The third-order valence-electron chi connectivity index (χ3n) is 3.67. The van der Waals surface area contributed by atoms with Crippen LogP contribution in [0.2, 0.25) is 0 Å². The van der Waals surface area contributed by atoms with Crippen molar-refractivity contribution in [1.29, 1.82) is 0 Å². The van der Waals surface area contributed by atoms with Gasteiger partial charge in [-0.25, -0.2) is 13.4 Å². The summed E-state index contributed by atoms with van der Waals surface area (Å²) in [6, 6.07) is 3.13. The number of sulfonamides is 1. The van der Waals surface area contributed by atoms with Crippen LogP contribution >= 0.6 is 0 Å². The zero-order valence-corrected chi connectivity index (χ0v) is 13.9. The van der Waals surface area contributed by atoms with E-state index in [9.17, 15) is 13.2 Å². The number of amides is 1. The van der Waals surface area contributed by atoms with Crippen molar-refractivity contribution in [1.82, 2.24) is 14.6 Å². The average Bonchev–Trinajstić information content (AvgIpc) is 2.94. The minimum absolute atomic E-state index is 0.244. The number of nitrogens with one attached hydrogen (secondary N) is 1. The monoisotopic (exact) mass is 326 g/mol. The predicted molar refractivity (Wildman–Crippen MR) is 85.0 cm³/mol. The van der Waals surface area contributed by atoms with Crippen LogP contribution in [-0.4, -0.2) is 56.6 Å². The number of carbonyl (C=O) groups is 1. The van der Waals surface area contributed by atoms with Crippen molar-refractivity contribution in [2.45, 2.75) is 25.4 Å². The molecule has 1 aliphatic rings. The smallest absolute Gasteiger partial charge is 0.238 e. The van der Waals surface area contributed by atoms with Crippen molar-refractivity contribution in [2.24, 2.45) is 0 Å². The van der Waals surface area contributed by atoms with E-state index in [1.807, 2.05) is 31.1 Å². The highest BCUT2D eigenvalue weighted by molar-refractivity contribution is 7.88. The van der Waals surface area contributed by atoms with Gasteiger partial charge in [-0.15, -0.1) is 0 Å². The van der Waals surface area contributed by atoms with Crippen LogP contribution in [0.25, 0.3) is 0 Å². The molecule has 1 atom stereocenters. The molecule has 7 nitrogen and oxygen atoms in total. The molecular formula is C14H22N4O3S. The van der Waals surface area contributed by atoms with Gasteiger partial charge in [-0.05, 0) is 30.5 Å². The number of hydrogen-bond donors (Lipinski definition) is 1. The van der Waals surface area contributed by atoms with Crippen LogP contribution < -0.4 is 10.2 Å². The Bertz CT molecular complexity index is 645. The molecule has 0 bridgehead atoms. The normalized spacial score (nSPS) is 19.1. The first-order chi connectivity index (χ1) is 10.3. The minimum atomic E-state index is -3.34. The van der Waals surface area contributed by atoms with Gasteiger partial charge < -0.3 is 10.2 Å². The molecular weight excluding hydrogens is 304 g/mol. The first-order valence-corrected chi connectivity index (χ1v) is 9.00. The maximum absolute atomic E-state index is 12.3. The molecule has 1 fully saturated rings. The quantitative estimate of drug-likeness (QED) is 0.835. The molecule has 0 radical (unpaired) electrons. The van der Waals surface area contributed by atoms with Crippen molar-refractivity contribution in [3.8, 4) is 0 Å². The maximum atomic E-state index is 12.3. The number of carbonyl (C=O) groups excluding carboxylic acids is 1. The summed E-state index contributed by atoms with van der Waals surface area (Å²) in [5.74, 6) is 0.566. The van der Waals surface area contributed by atoms with Crippen molar-refractivity contribution in [2.75, 3.05) is 31.8 Å². The van der Waals surface area contributed by atoms with Crippen LogP contribution in [-0.2, 0) is 21.4 Å². The molecule has 1 unspecified atom stereocenters. The number of nitrogens with zero attached hydrogens (tertiary/aromatic N) is 3. The topological polar surface area (TPSA) is 82.6 Å². The fraction of sp³-hybridized carbons (Fsp3) is 0.571.